The lowest BCUT2D eigenvalue weighted by atomic mass is 9.99. The van der Waals surface area contributed by atoms with Crippen molar-refractivity contribution in [2.75, 3.05) is 0 Å². The quantitative estimate of drug-likeness (QED) is 0.850. The molecular weight excluding hydrogens is 292 g/mol. The van der Waals surface area contributed by atoms with Crippen molar-refractivity contribution in [1.29, 1.82) is 0 Å². The molecule has 0 fully saturated rings. The van der Waals surface area contributed by atoms with Gasteiger partial charge < -0.3 is 10.6 Å². The predicted molar refractivity (Wildman–Crippen MR) is 93.4 cm³/mol. The summed E-state index contributed by atoms with van der Waals surface area (Å²) in [6.45, 7) is 3.67. The smallest absolute Gasteiger partial charge is 0.228 e. The van der Waals surface area contributed by atoms with Crippen LogP contribution in [0, 0.1) is 5.92 Å². The van der Waals surface area contributed by atoms with E-state index in [9.17, 15) is 4.79 Å². The second-order valence-corrected chi connectivity index (χ2v) is 5.78. The molecule has 0 aromatic heterocycles. The molecule has 22 heavy (non-hydrogen) atoms. The molecule has 2 rings (SSSR count). The highest BCUT2D eigenvalue weighted by atomic mass is 32.1. The van der Waals surface area contributed by atoms with E-state index in [2.05, 4.69) is 10.6 Å². The molecule has 0 aliphatic rings. The fourth-order valence-electron chi connectivity index (χ4n) is 2.07. The van der Waals surface area contributed by atoms with E-state index < -0.39 is 0 Å². The first kappa shape index (κ1) is 16.2. The van der Waals surface area contributed by atoms with Gasteiger partial charge in [0, 0.05) is 5.92 Å². The minimum atomic E-state index is -0.105. The second kappa shape index (κ2) is 7.71. The molecule has 0 saturated carbocycles. The molecule has 1 amide bonds. The normalized spacial score (nSPS) is 10.5. The van der Waals surface area contributed by atoms with E-state index in [1.165, 1.54) is 0 Å². The van der Waals surface area contributed by atoms with Crippen LogP contribution >= 0.6 is 12.2 Å². The van der Waals surface area contributed by atoms with E-state index in [4.69, 9.17) is 12.2 Å². The molecule has 0 bridgehead atoms. The maximum Gasteiger partial charge on any atom is 0.228 e. The number of carbonyl (C=O) groups is 1. The molecule has 2 aromatic carbocycles. The van der Waals surface area contributed by atoms with Gasteiger partial charge in [0.15, 0.2) is 5.11 Å². The Balaban J connectivity index is 2.19. The minimum Gasteiger partial charge on any atom is -0.351 e. The van der Waals surface area contributed by atoms with Gasteiger partial charge >= 0.3 is 0 Å². The van der Waals surface area contributed by atoms with Gasteiger partial charge in [0.2, 0.25) is 5.91 Å². The Morgan fingerprint density at radius 3 is 1.77 bits per heavy atom. The van der Waals surface area contributed by atoms with E-state index in [1.54, 1.807) is 0 Å². The molecule has 0 aliphatic heterocycles. The number of nitrogens with one attached hydrogen (secondary N) is 2. The minimum absolute atomic E-state index is 0.0858. The van der Waals surface area contributed by atoms with E-state index in [0.29, 0.717) is 5.11 Å². The number of amides is 1. The highest BCUT2D eigenvalue weighted by Gasteiger charge is 2.16. The van der Waals surface area contributed by atoms with Gasteiger partial charge in [0.1, 0.15) is 0 Å². The Morgan fingerprint density at radius 2 is 1.36 bits per heavy atom. The van der Waals surface area contributed by atoms with Gasteiger partial charge in [0.25, 0.3) is 0 Å². The van der Waals surface area contributed by atoms with Crippen LogP contribution in [0.4, 0.5) is 0 Å². The van der Waals surface area contributed by atoms with Crippen LogP contribution in [0.25, 0.3) is 0 Å². The zero-order valence-corrected chi connectivity index (χ0v) is 13.6. The standard InChI is InChI=1S/C18H20N2OS/c1-13(2)17(21)20-18(22)19-16(14-9-5-3-6-10-14)15-11-7-4-8-12-15/h3-13,16H,1-2H3,(H2,19,20,21,22). The molecule has 0 radical (unpaired) electrons. The summed E-state index contributed by atoms with van der Waals surface area (Å²) in [7, 11) is 0. The van der Waals surface area contributed by atoms with E-state index >= 15 is 0 Å². The molecule has 0 unspecified atom stereocenters. The van der Waals surface area contributed by atoms with Gasteiger partial charge in [-0.05, 0) is 23.3 Å². The summed E-state index contributed by atoms with van der Waals surface area (Å²) in [5, 5.41) is 6.31. The van der Waals surface area contributed by atoms with Gasteiger partial charge in [-0.25, -0.2) is 0 Å². The monoisotopic (exact) mass is 312 g/mol. The second-order valence-electron chi connectivity index (χ2n) is 5.37. The Morgan fingerprint density at radius 1 is 0.909 bits per heavy atom. The van der Waals surface area contributed by atoms with Gasteiger partial charge in [-0.2, -0.15) is 0 Å². The Kier molecular flexibility index (Phi) is 5.67. The van der Waals surface area contributed by atoms with E-state index in [0.717, 1.165) is 11.1 Å². The van der Waals surface area contributed by atoms with Gasteiger partial charge in [-0.1, -0.05) is 74.5 Å². The summed E-state index contributed by atoms with van der Waals surface area (Å²) < 4.78 is 0. The summed E-state index contributed by atoms with van der Waals surface area (Å²) in [5.74, 6) is -0.191. The van der Waals surface area contributed by atoms with Crippen molar-refractivity contribution in [3.8, 4) is 0 Å². The molecule has 4 heteroatoms. The van der Waals surface area contributed by atoms with E-state index in [1.807, 2.05) is 74.5 Å². The maximum absolute atomic E-state index is 11.8. The summed E-state index contributed by atoms with van der Waals surface area (Å²) in [5.41, 5.74) is 2.18. The molecule has 0 atom stereocenters. The Bertz CT molecular complexity index is 587. The molecule has 0 aliphatic carbocycles. The van der Waals surface area contributed by atoms with Crippen molar-refractivity contribution in [1.82, 2.24) is 10.6 Å². The first-order valence-corrected chi connectivity index (χ1v) is 7.70. The first-order chi connectivity index (χ1) is 10.6. The third-order valence-corrected chi connectivity index (χ3v) is 3.52. The average molecular weight is 312 g/mol. The molecular formula is C18H20N2OS. The molecule has 0 spiro atoms. The lowest BCUT2D eigenvalue weighted by Gasteiger charge is -2.22. The SMILES string of the molecule is CC(C)C(=O)NC(=S)NC(c1ccccc1)c1ccccc1. The number of hydrogen-bond donors (Lipinski definition) is 2. The van der Waals surface area contributed by atoms with Gasteiger partial charge in [-0.3, -0.25) is 4.79 Å². The van der Waals surface area contributed by atoms with Gasteiger partial charge in [-0.15, -0.1) is 0 Å². The first-order valence-electron chi connectivity index (χ1n) is 7.29. The van der Waals surface area contributed by atoms with Gasteiger partial charge in [0.05, 0.1) is 6.04 Å². The molecule has 2 N–H and O–H groups in total. The number of thiocarbonyl (C=S) groups is 1. The van der Waals surface area contributed by atoms with Crippen molar-refractivity contribution < 1.29 is 4.79 Å². The van der Waals surface area contributed by atoms with Crippen molar-refractivity contribution in [3.63, 3.8) is 0 Å². The topological polar surface area (TPSA) is 41.1 Å². The van der Waals surface area contributed by atoms with Crippen molar-refractivity contribution in [2.24, 2.45) is 5.92 Å². The fraction of sp³-hybridized carbons (Fsp3) is 0.222. The largest absolute Gasteiger partial charge is 0.351 e. The molecule has 2 aromatic rings. The highest BCUT2D eigenvalue weighted by molar-refractivity contribution is 7.80. The Hall–Kier alpha value is -2.20. The van der Waals surface area contributed by atoms with Crippen LogP contribution in [-0.2, 0) is 4.79 Å². The fourth-order valence-corrected chi connectivity index (χ4v) is 2.29. The summed E-state index contributed by atoms with van der Waals surface area (Å²) in [6, 6.07) is 20.0. The van der Waals surface area contributed by atoms with Crippen molar-refractivity contribution >= 4 is 23.2 Å². The van der Waals surface area contributed by atoms with Crippen LogP contribution in [0.2, 0.25) is 0 Å². The molecule has 114 valence electrons. The summed E-state index contributed by atoms with van der Waals surface area (Å²) in [6.07, 6.45) is 0. The van der Waals surface area contributed by atoms with Crippen LogP contribution in [0.1, 0.15) is 31.0 Å². The van der Waals surface area contributed by atoms with Crippen LogP contribution in [0.15, 0.2) is 60.7 Å². The van der Waals surface area contributed by atoms with Crippen LogP contribution < -0.4 is 10.6 Å². The van der Waals surface area contributed by atoms with Crippen LogP contribution in [0.5, 0.6) is 0 Å². The zero-order valence-electron chi connectivity index (χ0n) is 12.7. The zero-order chi connectivity index (χ0) is 15.9. The van der Waals surface area contributed by atoms with E-state index in [-0.39, 0.29) is 17.9 Å². The number of carbonyl (C=O) groups excluding carboxylic acids is 1. The molecule has 3 nitrogen and oxygen atoms in total. The third kappa shape index (κ3) is 4.40. The Labute approximate surface area is 136 Å². The summed E-state index contributed by atoms with van der Waals surface area (Å²) >= 11 is 5.28. The number of hydrogen-bond acceptors (Lipinski definition) is 2. The van der Waals surface area contributed by atoms with Crippen molar-refractivity contribution in [3.05, 3.63) is 71.8 Å². The highest BCUT2D eigenvalue weighted by Crippen LogP contribution is 2.21. The average Bonchev–Trinajstić information content (AvgIpc) is 2.54. The van der Waals surface area contributed by atoms with Crippen LogP contribution in [-0.4, -0.2) is 11.0 Å². The number of rotatable bonds is 4. The number of benzene rings is 2. The predicted octanol–water partition coefficient (Wildman–Crippen LogP) is 3.42. The summed E-state index contributed by atoms with van der Waals surface area (Å²) in [4.78, 5) is 11.8. The lowest BCUT2D eigenvalue weighted by Crippen LogP contribution is -2.42. The molecule has 0 heterocycles. The van der Waals surface area contributed by atoms with Crippen molar-refractivity contribution in [2.45, 2.75) is 19.9 Å². The molecule has 0 saturated heterocycles. The third-order valence-electron chi connectivity index (χ3n) is 3.30. The maximum atomic E-state index is 11.8. The lowest BCUT2D eigenvalue weighted by molar-refractivity contribution is -0.122. The van der Waals surface area contributed by atoms with Crippen LogP contribution in [0.3, 0.4) is 0 Å².